The molecule has 24 heavy (non-hydrogen) atoms. The molecule has 4 rings (SSSR count). The summed E-state index contributed by atoms with van der Waals surface area (Å²) in [7, 11) is 0. The highest BCUT2D eigenvalue weighted by Crippen LogP contribution is 2.34. The van der Waals surface area contributed by atoms with Gasteiger partial charge in [0.15, 0.2) is 0 Å². The number of hydrogen-bond acceptors (Lipinski definition) is 1. The number of aromatic nitrogens is 1. The molecule has 0 fully saturated rings. The van der Waals surface area contributed by atoms with E-state index >= 15 is 0 Å². The number of benzene rings is 3. The molecule has 0 spiro atoms. The second-order valence-corrected chi connectivity index (χ2v) is 6.53. The van der Waals surface area contributed by atoms with E-state index in [1.807, 2.05) is 0 Å². The van der Waals surface area contributed by atoms with Gasteiger partial charge in [0.05, 0.1) is 26.3 Å². The molecule has 0 aliphatic rings. The smallest absolute Gasteiger partial charge is 0.0710 e. The molecule has 118 valence electrons. The predicted molar refractivity (Wildman–Crippen MR) is 103 cm³/mol. The Morgan fingerprint density at radius 2 is 1.54 bits per heavy atom. The van der Waals surface area contributed by atoms with Gasteiger partial charge in [0.2, 0.25) is 0 Å². The maximum atomic E-state index is 8.97. The van der Waals surface area contributed by atoms with Crippen LogP contribution in [0, 0.1) is 0 Å². The third-order valence-corrected chi connectivity index (χ3v) is 3.72. The molecule has 0 radical (unpaired) electrons. The van der Waals surface area contributed by atoms with E-state index in [-0.39, 0.29) is 51.1 Å². The SMILES string of the molecule is [2H]c1c([2H])c([2H])c2c(C(C)(C)C)c([2H])c(-c3nc4c([2H])c([2H])c([2H])c([2H])c4c([2H])c3[2H])cc2c1[2H]. The molecule has 0 atom stereocenters. The summed E-state index contributed by atoms with van der Waals surface area (Å²) in [6.07, 6.45) is 0. The van der Waals surface area contributed by atoms with Crippen LogP contribution in [0.2, 0.25) is 0 Å². The molecule has 4 aromatic rings. The van der Waals surface area contributed by atoms with Crippen LogP contribution in [0.25, 0.3) is 32.9 Å². The number of nitrogens with zero attached hydrogens (tertiary/aromatic N) is 1. The lowest BCUT2D eigenvalue weighted by Gasteiger charge is -2.22. The van der Waals surface area contributed by atoms with E-state index in [4.69, 9.17) is 15.1 Å². The minimum absolute atomic E-state index is 0.0419. The molecular formula is C23H21N. The Balaban J connectivity index is 2.27. The van der Waals surface area contributed by atoms with E-state index in [0.29, 0.717) is 5.56 Å². The van der Waals surface area contributed by atoms with Crippen LogP contribution in [0.5, 0.6) is 0 Å². The third kappa shape index (κ3) is 2.56. The minimum Gasteiger partial charge on any atom is -0.248 e. The molecule has 0 amide bonds. The van der Waals surface area contributed by atoms with E-state index in [1.165, 1.54) is 6.07 Å². The van der Waals surface area contributed by atoms with E-state index in [1.54, 1.807) is 20.8 Å². The maximum Gasteiger partial charge on any atom is 0.0710 e. The first-order valence-electron chi connectivity index (χ1n) is 13.0. The second-order valence-electron chi connectivity index (χ2n) is 6.53. The molecule has 0 saturated heterocycles. The van der Waals surface area contributed by atoms with Crippen LogP contribution < -0.4 is 0 Å². The first-order chi connectivity index (χ1) is 16.1. The van der Waals surface area contributed by atoms with Crippen LogP contribution in [0.4, 0.5) is 0 Å². The summed E-state index contributed by atoms with van der Waals surface area (Å²) in [6.45, 7) is 5.39. The second kappa shape index (κ2) is 5.45. The first-order valence-corrected chi connectivity index (χ1v) is 7.52. The molecule has 0 saturated carbocycles. The van der Waals surface area contributed by atoms with Crippen molar-refractivity contribution in [2.45, 2.75) is 26.2 Å². The molecule has 0 bridgehead atoms. The molecule has 1 heterocycles. The van der Waals surface area contributed by atoms with Crippen molar-refractivity contribution in [3.63, 3.8) is 0 Å². The third-order valence-electron chi connectivity index (χ3n) is 3.72. The Labute approximate surface area is 158 Å². The Hall–Kier alpha value is -2.67. The molecule has 3 aromatic carbocycles. The van der Waals surface area contributed by atoms with Crippen LogP contribution in [-0.2, 0) is 5.41 Å². The van der Waals surface area contributed by atoms with Crippen LogP contribution >= 0.6 is 0 Å². The molecule has 0 aliphatic carbocycles. The molecular weight excluding hydrogens is 290 g/mol. The Morgan fingerprint density at radius 1 is 0.833 bits per heavy atom. The van der Waals surface area contributed by atoms with Crippen molar-refractivity contribution < 1.29 is 15.1 Å². The minimum atomic E-state index is -0.740. The molecule has 1 heteroatoms. The van der Waals surface area contributed by atoms with Gasteiger partial charge in [-0.3, -0.25) is 0 Å². The fourth-order valence-electron chi connectivity index (χ4n) is 2.56. The average molecular weight is 322 g/mol. The highest BCUT2D eigenvalue weighted by Gasteiger charge is 2.18. The summed E-state index contributed by atoms with van der Waals surface area (Å²) in [6, 6.07) is -3.18. The maximum absolute atomic E-state index is 8.97. The normalized spacial score (nSPS) is 18.4. The van der Waals surface area contributed by atoms with E-state index < -0.39 is 53.8 Å². The van der Waals surface area contributed by atoms with Gasteiger partial charge in [0.1, 0.15) is 0 Å². The van der Waals surface area contributed by atoms with Crippen molar-refractivity contribution in [1.82, 2.24) is 4.98 Å². The molecule has 1 aromatic heterocycles. The Morgan fingerprint density at radius 3 is 2.33 bits per heavy atom. The molecule has 1 nitrogen and oxygen atoms in total. The lowest BCUT2D eigenvalue weighted by atomic mass is 9.82. The van der Waals surface area contributed by atoms with Gasteiger partial charge in [-0.15, -0.1) is 0 Å². The summed E-state index contributed by atoms with van der Waals surface area (Å²) in [5.74, 6) is 0. The van der Waals surface area contributed by atoms with Gasteiger partial charge in [-0.25, -0.2) is 4.98 Å². The lowest BCUT2D eigenvalue weighted by Crippen LogP contribution is -2.12. The fraction of sp³-hybridized carbons (Fsp3) is 0.174. The number of fused-ring (bicyclic) bond motifs is 2. The number of rotatable bonds is 1. The monoisotopic (exact) mass is 322 g/mol. The average Bonchev–Trinajstić information content (AvgIpc) is 2.79. The summed E-state index contributed by atoms with van der Waals surface area (Å²) in [4.78, 5) is 4.32. The standard InChI is InChI=1S/C23H21N/c1-23(2,3)20-15-18(14-17-9-4-6-10-19(17)20)22-13-12-16-8-5-7-11-21(16)24-22/h4-15H,1-3H3/i4D,5D,6D,7D,8D,9D,10D,11D,12D,13D,15D. The van der Waals surface area contributed by atoms with Gasteiger partial charge >= 0.3 is 0 Å². The summed E-state index contributed by atoms with van der Waals surface area (Å²) in [5.41, 5.74) is -0.758. The fourth-order valence-corrected chi connectivity index (χ4v) is 2.56. The van der Waals surface area contributed by atoms with Gasteiger partial charge in [-0.2, -0.15) is 0 Å². The van der Waals surface area contributed by atoms with Crippen LogP contribution in [0.1, 0.15) is 41.4 Å². The van der Waals surface area contributed by atoms with Crippen molar-refractivity contribution in [2.24, 2.45) is 0 Å². The van der Waals surface area contributed by atoms with Gasteiger partial charge in [-0.1, -0.05) is 69.1 Å². The zero-order valence-electron chi connectivity index (χ0n) is 24.5. The molecule has 0 N–H and O–H groups in total. The molecule has 0 unspecified atom stereocenters. The Bertz CT molecular complexity index is 1590. The zero-order valence-corrected chi connectivity index (χ0v) is 13.5. The van der Waals surface area contributed by atoms with Gasteiger partial charge in [-0.05, 0) is 45.9 Å². The van der Waals surface area contributed by atoms with Crippen LogP contribution in [-0.4, -0.2) is 4.98 Å². The highest BCUT2D eigenvalue weighted by molar-refractivity contribution is 5.91. The first kappa shape index (κ1) is 7.06. The van der Waals surface area contributed by atoms with Crippen molar-refractivity contribution >= 4 is 21.7 Å². The Kier molecular flexibility index (Phi) is 1.60. The van der Waals surface area contributed by atoms with Crippen LogP contribution in [0.15, 0.2) is 72.5 Å². The van der Waals surface area contributed by atoms with Gasteiger partial charge in [0, 0.05) is 10.9 Å². The van der Waals surface area contributed by atoms with Crippen LogP contribution in [0.3, 0.4) is 0 Å². The summed E-state index contributed by atoms with van der Waals surface area (Å²) >= 11 is 0. The zero-order chi connectivity index (χ0) is 26.3. The summed E-state index contributed by atoms with van der Waals surface area (Å²) < 4.78 is 91.3. The highest BCUT2D eigenvalue weighted by atomic mass is 14.7. The van der Waals surface area contributed by atoms with Crippen molar-refractivity contribution in [3.8, 4) is 11.3 Å². The van der Waals surface area contributed by atoms with E-state index in [9.17, 15) is 0 Å². The van der Waals surface area contributed by atoms with E-state index in [0.717, 1.165) is 0 Å². The van der Waals surface area contributed by atoms with Crippen molar-refractivity contribution in [2.75, 3.05) is 0 Å². The van der Waals surface area contributed by atoms with Crippen molar-refractivity contribution in [1.29, 1.82) is 0 Å². The number of para-hydroxylation sites is 1. The number of hydrogen-bond donors (Lipinski definition) is 0. The van der Waals surface area contributed by atoms with Crippen molar-refractivity contribution in [3.05, 3.63) is 78.1 Å². The van der Waals surface area contributed by atoms with Gasteiger partial charge < -0.3 is 0 Å². The van der Waals surface area contributed by atoms with E-state index in [2.05, 4.69) is 4.98 Å². The largest absolute Gasteiger partial charge is 0.248 e. The topological polar surface area (TPSA) is 12.9 Å². The quantitative estimate of drug-likeness (QED) is 0.398. The summed E-state index contributed by atoms with van der Waals surface area (Å²) in [5, 5.41) is 0.127. The lowest BCUT2D eigenvalue weighted by molar-refractivity contribution is 0.596. The number of pyridine rings is 1. The molecule has 0 aliphatic heterocycles. The predicted octanol–water partition coefficient (Wildman–Crippen LogP) is 6.35. The van der Waals surface area contributed by atoms with Gasteiger partial charge in [0.25, 0.3) is 0 Å².